The lowest BCUT2D eigenvalue weighted by Gasteiger charge is -2.23. The first kappa shape index (κ1) is 20.3. The highest BCUT2D eigenvalue weighted by Crippen LogP contribution is 2.00. The van der Waals surface area contributed by atoms with Crippen LogP contribution in [0.3, 0.4) is 0 Å². The Morgan fingerprint density at radius 2 is 2.12 bits per heavy atom. The fourth-order valence-electron chi connectivity index (χ4n) is 2.16. The summed E-state index contributed by atoms with van der Waals surface area (Å²) in [6.45, 7) is 8.22. The quantitative estimate of drug-likeness (QED) is 0.622. The van der Waals surface area contributed by atoms with Crippen molar-refractivity contribution in [2.75, 3.05) is 46.8 Å². The minimum Gasteiger partial charge on any atom is -0.341 e. The average Bonchev–Trinajstić information content (AvgIpc) is 2.56. The monoisotopic (exact) mass is 333 g/mol. The SMILES string of the molecule is CCC/N=C/c1ccnc(CNCC(=O)N(CC)CCN(C)C)c1. The standard InChI is InChI=1S/C18H31N5O/c1-5-8-19-13-16-7-9-21-17(12-16)14-20-15-18(24)23(6-2)11-10-22(3)4/h7,9,12-13,20H,5-6,8,10-11,14-15H2,1-4H3/b19-13+. The molecule has 0 unspecified atom stereocenters. The molecule has 1 heterocycles. The first-order chi connectivity index (χ1) is 11.6. The third-order valence-electron chi connectivity index (χ3n) is 3.57. The van der Waals surface area contributed by atoms with Crippen molar-refractivity contribution in [2.24, 2.45) is 4.99 Å². The molecule has 1 amide bonds. The van der Waals surface area contributed by atoms with E-state index in [1.165, 1.54) is 0 Å². The highest BCUT2D eigenvalue weighted by molar-refractivity contribution is 5.79. The van der Waals surface area contributed by atoms with Gasteiger partial charge in [0.05, 0.1) is 12.2 Å². The van der Waals surface area contributed by atoms with Gasteiger partial charge in [0.25, 0.3) is 0 Å². The van der Waals surface area contributed by atoms with Crippen LogP contribution in [0.2, 0.25) is 0 Å². The van der Waals surface area contributed by atoms with Crippen LogP contribution in [0.1, 0.15) is 31.5 Å². The van der Waals surface area contributed by atoms with E-state index in [1.807, 2.05) is 44.3 Å². The Bertz CT molecular complexity index is 516. The van der Waals surface area contributed by atoms with E-state index in [0.717, 1.165) is 43.9 Å². The molecule has 0 fully saturated rings. The van der Waals surface area contributed by atoms with Gasteiger partial charge in [0.1, 0.15) is 0 Å². The van der Waals surface area contributed by atoms with Gasteiger partial charge in [-0.1, -0.05) is 6.92 Å². The molecule has 6 nitrogen and oxygen atoms in total. The molecule has 0 aromatic carbocycles. The Balaban J connectivity index is 2.43. The molecule has 0 bridgehead atoms. The Labute approximate surface area is 146 Å². The highest BCUT2D eigenvalue weighted by atomic mass is 16.2. The summed E-state index contributed by atoms with van der Waals surface area (Å²) in [7, 11) is 4.03. The molecule has 24 heavy (non-hydrogen) atoms. The molecule has 1 rings (SSSR count). The zero-order chi connectivity index (χ0) is 17.8. The summed E-state index contributed by atoms with van der Waals surface area (Å²) in [5.41, 5.74) is 1.96. The van der Waals surface area contributed by atoms with Crippen LogP contribution in [-0.2, 0) is 11.3 Å². The molecule has 0 saturated carbocycles. The van der Waals surface area contributed by atoms with Crippen molar-refractivity contribution in [3.05, 3.63) is 29.6 Å². The number of likely N-dealkylation sites (N-methyl/N-ethyl adjacent to an activating group) is 2. The molecule has 0 aliphatic rings. The fraction of sp³-hybridized carbons (Fsp3) is 0.611. The summed E-state index contributed by atoms with van der Waals surface area (Å²) >= 11 is 0. The van der Waals surface area contributed by atoms with Gasteiger partial charge in [0.15, 0.2) is 0 Å². The second kappa shape index (κ2) is 11.7. The van der Waals surface area contributed by atoms with E-state index in [1.54, 1.807) is 6.20 Å². The van der Waals surface area contributed by atoms with Crippen molar-refractivity contribution in [3.63, 3.8) is 0 Å². The lowest BCUT2D eigenvalue weighted by atomic mass is 10.2. The third kappa shape index (κ3) is 8.17. The van der Waals surface area contributed by atoms with E-state index in [9.17, 15) is 4.79 Å². The van der Waals surface area contributed by atoms with Crippen LogP contribution in [0.4, 0.5) is 0 Å². The number of amides is 1. The Hall–Kier alpha value is -1.79. The van der Waals surface area contributed by atoms with Crippen LogP contribution in [-0.4, -0.2) is 73.7 Å². The van der Waals surface area contributed by atoms with Crippen molar-refractivity contribution in [3.8, 4) is 0 Å². The van der Waals surface area contributed by atoms with E-state index in [0.29, 0.717) is 13.1 Å². The number of pyridine rings is 1. The van der Waals surface area contributed by atoms with Crippen molar-refractivity contribution in [1.82, 2.24) is 20.1 Å². The number of carbonyl (C=O) groups is 1. The van der Waals surface area contributed by atoms with E-state index in [4.69, 9.17) is 0 Å². The maximum atomic E-state index is 12.2. The Morgan fingerprint density at radius 1 is 1.33 bits per heavy atom. The first-order valence-corrected chi connectivity index (χ1v) is 8.64. The molecule has 0 aliphatic heterocycles. The van der Waals surface area contributed by atoms with Crippen LogP contribution in [0.5, 0.6) is 0 Å². The van der Waals surface area contributed by atoms with Crippen molar-refractivity contribution < 1.29 is 4.79 Å². The second-order valence-corrected chi connectivity index (χ2v) is 6.00. The van der Waals surface area contributed by atoms with Gasteiger partial charge in [-0.2, -0.15) is 0 Å². The van der Waals surface area contributed by atoms with Crippen molar-refractivity contribution in [2.45, 2.75) is 26.8 Å². The van der Waals surface area contributed by atoms with Gasteiger partial charge in [0.2, 0.25) is 5.91 Å². The minimum atomic E-state index is 0.125. The molecule has 0 radical (unpaired) electrons. The number of rotatable bonds is 11. The summed E-state index contributed by atoms with van der Waals surface area (Å²) in [4.78, 5) is 24.8. The number of nitrogens with zero attached hydrogens (tertiary/aromatic N) is 4. The predicted octanol–water partition coefficient (Wildman–Crippen LogP) is 1.41. The molecule has 6 heteroatoms. The van der Waals surface area contributed by atoms with Crippen LogP contribution < -0.4 is 5.32 Å². The summed E-state index contributed by atoms with van der Waals surface area (Å²) in [6, 6.07) is 3.94. The summed E-state index contributed by atoms with van der Waals surface area (Å²) in [6.07, 6.45) is 4.70. The molecule has 0 aliphatic carbocycles. The van der Waals surface area contributed by atoms with Crippen LogP contribution in [0.25, 0.3) is 0 Å². The van der Waals surface area contributed by atoms with Gasteiger partial charge in [0, 0.05) is 45.1 Å². The fourth-order valence-corrected chi connectivity index (χ4v) is 2.16. The van der Waals surface area contributed by atoms with Crippen LogP contribution in [0.15, 0.2) is 23.3 Å². The number of aliphatic imine (C=N–C) groups is 1. The largest absolute Gasteiger partial charge is 0.341 e. The minimum absolute atomic E-state index is 0.125. The topological polar surface area (TPSA) is 60.8 Å². The van der Waals surface area contributed by atoms with Gasteiger partial charge >= 0.3 is 0 Å². The van der Waals surface area contributed by atoms with Gasteiger partial charge < -0.3 is 15.1 Å². The van der Waals surface area contributed by atoms with Crippen molar-refractivity contribution >= 4 is 12.1 Å². The lowest BCUT2D eigenvalue weighted by molar-refractivity contribution is -0.130. The molecule has 1 N–H and O–H groups in total. The summed E-state index contributed by atoms with van der Waals surface area (Å²) in [5.74, 6) is 0.125. The van der Waals surface area contributed by atoms with Crippen LogP contribution in [0, 0.1) is 0 Å². The normalized spacial score (nSPS) is 11.4. The molecular weight excluding hydrogens is 302 g/mol. The van der Waals surface area contributed by atoms with Gasteiger partial charge in [-0.3, -0.25) is 14.8 Å². The van der Waals surface area contributed by atoms with Crippen LogP contribution >= 0.6 is 0 Å². The van der Waals surface area contributed by atoms with Gasteiger partial charge in [-0.25, -0.2) is 0 Å². The maximum absolute atomic E-state index is 12.2. The Kier molecular flexibility index (Phi) is 9.88. The number of hydrogen-bond acceptors (Lipinski definition) is 5. The Morgan fingerprint density at radius 3 is 2.79 bits per heavy atom. The number of nitrogens with one attached hydrogen (secondary N) is 1. The van der Waals surface area contributed by atoms with E-state index < -0.39 is 0 Å². The van der Waals surface area contributed by atoms with E-state index in [2.05, 4.69) is 27.1 Å². The smallest absolute Gasteiger partial charge is 0.236 e. The lowest BCUT2D eigenvalue weighted by Crippen LogP contribution is -2.41. The maximum Gasteiger partial charge on any atom is 0.236 e. The molecule has 0 spiro atoms. The summed E-state index contributed by atoms with van der Waals surface area (Å²) in [5, 5.41) is 3.19. The predicted molar refractivity (Wildman–Crippen MR) is 99.5 cm³/mol. The highest BCUT2D eigenvalue weighted by Gasteiger charge is 2.11. The zero-order valence-corrected chi connectivity index (χ0v) is 15.5. The number of carbonyl (C=O) groups excluding carboxylic acids is 1. The van der Waals surface area contributed by atoms with E-state index in [-0.39, 0.29) is 5.91 Å². The third-order valence-corrected chi connectivity index (χ3v) is 3.57. The molecule has 1 aromatic heterocycles. The summed E-state index contributed by atoms with van der Waals surface area (Å²) < 4.78 is 0. The molecular formula is C18H31N5O. The van der Waals surface area contributed by atoms with Gasteiger partial charge in [-0.05, 0) is 45.1 Å². The second-order valence-electron chi connectivity index (χ2n) is 6.00. The number of hydrogen-bond donors (Lipinski definition) is 1. The van der Waals surface area contributed by atoms with Gasteiger partial charge in [-0.15, -0.1) is 0 Å². The zero-order valence-electron chi connectivity index (χ0n) is 15.5. The molecule has 0 atom stereocenters. The van der Waals surface area contributed by atoms with Crippen molar-refractivity contribution in [1.29, 1.82) is 0 Å². The average molecular weight is 333 g/mol. The molecule has 134 valence electrons. The first-order valence-electron chi connectivity index (χ1n) is 8.64. The van der Waals surface area contributed by atoms with E-state index >= 15 is 0 Å². The molecule has 0 saturated heterocycles. The molecule has 1 aromatic rings. The number of aromatic nitrogens is 1.